The van der Waals surface area contributed by atoms with Crippen molar-refractivity contribution in [3.8, 4) is 0 Å². The molecule has 0 aliphatic heterocycles. The Hall–Kier alpha value is -1.59. The molecule has 0 radical (unpaired) electrons. The van der Waals surface area contributed by atoms with Crippen LogP contribution in [0.5, 0.6) is 0 Å². The summed E-state index contributed by atoms with van der Waals surface area (Å²) in [5, 5.41) is 0. The van der Waals surface area contributed by atoms with Crippen molar-refractivity contribution >= 4 is 17.9 Å². The van der Waals surface area contributed by atoms with Gasteiger partial charge in [0, 0.05) is 19.3 Å². The molecule has 1 atom stereocenters. The van der Waals surface area contributed by atoms with E-state index in [0.717, 1.165) is 63.7 Å². The summed E-state index contributed by atoms with van der Waals surface area (Å²) in [6.45, 7) is 8.99. The first-order valence-corrected chi connectivity index (χ1v) is 27.4. The Kier molecular flexibility index (Phi) is 48.1. The lowest BCUT2D eigenvalue weighted by Gasteiger charge is -2.18. The second-order valence-electron chi connectivity index (χ2n) is 19.3. The van der Waals surface area contributed by atoms with Gasteiger partial charge >= 0.3 is 17.9 Å². The molecular formula is C55H106O6. The van der Waals surface area contributed by atoms with Gasteiger partial charge in [-0.15, -0.1) is 0 Å². The molecule has 0 aliphatic rings. The van der Waals surface area contributed by atoms with E-state index >= 15 is 0 Å². The van der Waals surface area contributed by atoms with Crippen molar-refractivity contribution < 1.29 is 28.6 Å². The van der Waals surface area contributed by atoms with Crippen LogP contribution in [0, 0.1) is 5.92 Å². The summed E-state index contributed by atoms with van der Waals surface area (Å²) in [6.07, 6.45) is 52.5. The number of unbranched alkanes of at least 4 members (excludes halogenated alkanes) is 37. The van der Waals surface area contributed by atoms with E-state index in [9.17, 15) is 14.4 Å². The topological polar surface area (TPSA) is 78.9 Å². The van der Waals surface area contributed by atoms with E-state index in [1.165, 1.54) is 205 Å². The van der Waals surface area contributed by atoms with Gasteiger partial charge in [-0.3, -0.25) is 14.4 Å². The Morgan fingerprint density at radius 1 is 0.311 bits per heavy atom. The third-order valence-electron chi connectivity index (χ3n) is 12.5. The smallest absolute Gasteiger partial charge is 0.306 e. The van der Waals surface area contributed by atoms with Crippen LogP contribution in [0.2, 0.25) is 0 Å². The Morgan fingerprint density at radius 3 is 0.803 bits per heavy atom. The molecule has 0 amide bonds. The van der Waals surface area contributed by atoms with Crippen LogP contribution in [0.4, 0.5) is 0 Å². The maximum atomic E-state index is 12.8. The summed E-state index contributed by atoms with van der Waals surface area (Å²) < 4.78 is 16.8. The first-order valence-electron chi connectivity index (χ1n) is 27.4. The van der Waals surface area contributed by atoms with Crippen LogP contribution in [0.15, 0.2) is 0 Å². The van der Waals surface area contributed by atoms with Crippen LogP contribution in [0.25, 0.3) is 0 Å². The predicted molar refractivity (Wildman–Crippen MR) is 261 cm³/mol. The van der Waals surface area contributed by atoms with E-state index in [2.05, 4.69) is 27.7 Å². The van der Waals surface area contributed by atoms with Crippen LogP contribution >= 0.6 is 0 Å². The summed E-state index contributed by atoms with van der Waals surface area (Å²) in [7, 11) is 0. The molecule has 0 fully saturated rings. The van der Waals surface area contributed by atoms with Crippen molar-refractivity contribution in [2.45, 2.75) is 316 Å². The van der Waals surface area contributed by atoms with Crippen LogP contribution < -0.4 is 0 Å². The lowest BCUT2D eigenvalue weighted by atomic mass is 10.0. The largest absolute Gasteiger partial charge is 0.462 e. The molecule has 0 aromatic rings. The third-order valence-corrected chi connectivity index (χ3v) is 12.5. The van der Waals surface area contributed by atoms with E-state index in [1.54, 1.807) is 0 Å². The fourth-order valence-corrected chi connectivity index (χ4v) is 8.39. The van der Waals surface area contributed by atoms with Crippen molar-refractivity contribution in [1.29, 1.82) is 0 Å². The van der Waals surface area contributed by atoms with Gasteiger partial charge in [0.2, 0.25) is 0 Å². The van der Waals surface area contributed by atoms with E-state index in [0.29, 0.717) is 19.3 Å². The van der Waals surface area contributed by atoms with Crippen molar-refractivity contribution in [2.24, 2.45) is 5.92 Å². The molecule has 0 aromatic carbocycles. The van der Waals surface area contributed by atoms with Gasteiger partial charge in [0.15, 0.2) is 6.10 Å². The van der Waals surface area contributed by atoms with Crippen LogP contribution in [-0.2, 0) is 28.6 Å². The summed E-state index contributed by atoms with van der Waals surface area (Å²) in [6, 6.07) is 0. The van der Waals surface area contributed by atoms with Crippen molar-refractivity contribution in [1.82, 2.24) is 0 Å². The summed E-state index contributed by atoms with van der Waals surface area (Å²) >= 11 is 0. The zero-order chi connectivity index (χ0) is 44.5. The molecular weight excluding hydrogens is 757 g/mol. The third kappa shape index (κ3) is 49.3. The van der Waals surface area contributed by atoms with Gasteiger partial charge in [0.25, 0.3) is 0 Å². The number of ether oxygens (including phenoxy) is 3. The highest BCUT2D eigenvalue weighted by Gasteiger charge is 2.19. The summed E-state index contributed by atoms with van der Waals surface area (Å²) in [5.41, 5.74) is 0. The fourth-order valence-electron chi connectivity index (χ4n) is 8.39. The molecule has 0 N–H and O–H groups in total. The second kappa shape index (κ2) is 49.4. The highest BCUT2D eigenvalue weighted by molar-refractivity contribution is 5.71. The number of hydrogen-bond acceptors (Lipinski definition) is 6. The number of carbonyl (C=O) groups excluding carboxylic acids is 3. The Bertz CT molecular complexity index is 918. The van der Waals surface area contributed by atoms with Gasteiger partial charge in [0.1, 0.15) is 13.2 Å². The minimum absolute atomic E-state index is 0.0633. The van der Waals surface area contributed by atoms with Crippen LogP contribution in [0.3, 0.4) is 0 Å². The predicted octanol–water partition coefficient (Wildman–Crippen LogP) is 17.8. The van der Waals surface area contributed by atoms with Gasteiger partial charge in [-0.05, 0) is 25.2 Å². The minimum Gasteiger partial charge on any atom is -0.462 e. The van der Waals surface area contributed by atoms with Gasteiger partial charge < -0.3 is 14.2 Å². The fraction of sp³-hybridized carbons (Fsp3) is 0.945. The molecule has 6 nitrogen and oxygen atoms in total. The van der Waals surface area contributed by atoms with Crippen LogP contribution in [-0.4, -0.2) is 37.2 Å². The highest BCUT2D eigenvalue weighted by Crippen LogP contribution is 2.17. The summed E-state index contributed by atoms with van der Waals surface area (Å²) in [5.74, 6) is -0.0668. The van der Waals surface area contributed by atoms with Crippen molar-refractivity contribution in [3.05, 3.63) is 0 Å². The quantitative estimate of drug-likeness (QED) is 0.0344. The first-order chi connectivity index (χ1) is 29.9. The van der Waals surface area contributed by atoms with E-state index in [-0.39, 0.29) is 31.1 Å². The van der Waals surface area contributed by atoms with E-state index in [4.69, 9.17) is 14.2 Å². The van der Waals surface area contributed by atoms with Gasteiger partial charge in [-0.2, -0.15) is 0 Å². The molecule has 0 aromatic heterocycles. The zero-order valence-corrected chi connectivity index (χ0v) is 41.6. The lowest BCUT2D eigenvalue weighted by molar-refractivity contribution is -0.167. The molecule has 0 saturated heterocycles. The average Bonchev–Trinajstić information content (AvgIpc) is 3.24. The number of hydrogen-bond donors (Lipinski definition) is 0. The van der Waals surface area contributed by atoms with Crippen LogP contribution in [0.1, 0.15) is 310 Å². The lowest BCUT2D eigenvalue weighted by Crippen LogP contribution is -2.30. The molecule has 0 aliphatic carbocycles. The number of esters is 3. The second-order valence-corrected chi connectivity index (χ2v) is 19.3. The Balaban J connectivity index is 4.22. The van der Waals surface area contributed by atoms with Crippen molar-refractivity contribution in [2.75, 3.05) is 13.2 Å². The first kappa shape index (κ1) is 59.4. The molecule has 6 heteroatoms. The molecule has 362 valence electrons. The van der Waals surface area contributed by atoms with Gasteiger partial charge in [-0.1, -0.05) is 272 Å². The molecule has 61 heavy (non-hydrogen) atoms. The average molecular weight is 863 g/mol. The van der Waals surface area contributed by atoms with Gasteiger partial charge in [0.05, 0.1) is 0 Å². The van der Waals surface area contributed by atoms with Gasteiger partial charge in [-0.25, -0.2) is 0 Å². The van der Waals surface area contributed by atoms with E-state index < -0.39 is 6.10 Å². The zero-order valence-electron chi connectivity index (χ0n) is 41.6. The molecule has 0 heterocycles. The molecule has 0 rings (SSSR count). The number of carbonyl (C=O) groups is 3. The summed E-state index contributed by atoms with van der Waals surface area (Å²) in [4.78, 5) is 38.0. The molecule has 0 saturated carbocycles. The molecule has 0 bridgehead atoms. The van der Waals surface area contributed by atoms with Crippen molar-refractivity contribution in [3.63, 3.8) is 0 Å². The molecule has 0 spiro atoms. The maximum absolute atomic E-state index is 12.8. The van der Waals surface area contributed by atoms with E-state index in [1.807, 2.05) is 0 Å². The molecule has 0 unspecified atom stereocenters. The monoisotopic (exact) mass is 863 g/mol. The standard InChI is InChI=1S/C55H106O6/c1-5-7-9-11-13-15-17-19-21-22-23-24-25-27-29-31-35-39-43-47-54(57)60-50-52(61-55(58)48-44-40-36-32-33-37-41-45-51(3)4)49-59-53(56)46-42-38-34-30-28-26-20-18-16-14-12-10-8-6-2/h51-52H,5-50H2,1-4H3/t52-/m1/s1. The minimum atomic E-state index is -0.761. The normalized spacial score (nSPS) is 12.0. The Labute approximate surface area is 380 Å². The SMILES string of the molecule is CCCCCCCCCCCCCCCCCCCCCC(=O)OC[C@@H](COC(=O)CCCCCCCCCCCCCCCC)OC(=O)CCCCCCCCCC(C)C. The maximum Gasteiger partial charge on any atom is 0.306 e. The highest BCUT2D eigenvalue weighted by atomic mass is 16.6. The Morgan fingerprint density at radius 2 is 0.541 bits per heavy atom. The number of rotatable bonds is 50.